The second-order valence-electron chi connectivity index (χ2n) is 16.4. The van der Waals surface area contributed by atoms with Crippen LogP contribution in [0.4, 0.5) is 0 Å². The molecule has 9 aromatic rings. The molecule has 11 rings (SSSR count). The Labute approximate surface area is 322 Å². The second-order valence-corrected chi connectivity index (χ2v) is 16.4. The molecule has 0 saturated heterocycles. The van der Waals surface area contributed by atoms with E-state index in [2.05, 4.69) is 189 Å². The first-order chi connectivity index (χ1) is 26.8. The van der Waals surface area contributed by atoms with Crippen molar-refractivity contribution in [2.24, 2.45) is 0 Å². The fraction of sp³-hybridized carbons (Fsp3) is 0.113. The molecule has 262 valence electrons. The lowest BCUT2D eigenvalue weighted by molar-refractivity contribution is 0.639. The van der Waals surface area contributed by atoms with E-state index in [-0.39, 0.29) is 10.8 Å². The van der Waals surface area contributed by atoms with E-state index in [0.29, 0.717) is 0 Å². The highest BCUT2D eigenvalue weighted by molar-refractivity contribution is 6.11. The lowest BCUT2D eigenvalue weighted by Crippen LogP contribution is -2.18. The van der Waals surface area contributed by atoms with Gasteiger partial charge in [0.2, 0.25) is 0 Å². The number of hydrogen-bond acceptors (Lipinski definition) is 1. The number of para-hydroxylation sites is 1. The first-order valence-corrected chi connectivity index (χ1v) is 19.4. The topological polar surface area (TPSA) is 17.8 Å². The van der Waals surface area contributed by atoms with E-state index >= 15 is 0 Å². The normalized spacial score (nSPS) is 14.5. The van der Waals surface area contributed by atoms with Crippen molar-refractivity contribution in [3.05, 3.63) is 192 Å². The highest BCUT2D eigenvalue weighted by atomic mass is 15.0. The average molecular weight is 705 g/mol. The van der Waals surface area contributed by atoms with E-state index in [0.717, 1.165) is 16.9 Å². The van der Waals surface area contributed by atoms with Crippen molar-refractivity contribution in [2.45, 2.75) is 38.5 Å². The molecule has 0 saturated carbocycles. The van der Waals surface area contributed by atoms with Crippen molar-refractivity contribution in [1.29, 1.82) is 0 Å². The molecule has 0 aliphatic heterocycles. The van der Waals surface area contributed by atoms with Crippen LogP contribution in [0.15, 0.2) is 170 Å². The third-order valence-electron chi connectivity index (χ3n) is 12.6. The maximum absolute atomic E-state index is 4.61. The van der Waals surface area contributed by atoms with Gasteiger partial charge in [-0.15, -0.1) is 0 Å². The van der Waals surface area contributed by atoms with Gasteiger partial charge in [-0.1, -0.05) is 131 Å². The van der Waals surface area contributed by atoms with Crippen LogP contribution in [0.1, 0.15) is 49.9 Å². The zero-order chi connectivity index (χ0) is 37.1. The summed E-state index contributed by atoms with van der Waals surface area (Å²) in [6.07, 6.45) is 1.86. The molecule has 7 aromatic carbocycles. The number of pyridine rings is 1. The highest BCUT2D eigenvalue weighted by Crippen LogP contribution is 2.56. The van der Waals surface area contributed by atoms with Crippen LogP contribution in [-0.4, -0.2) is 9.55 Å². The van der Waals surface area contributed by atoms with Crippen molar-refractivity contribution in [2.75, 3.05) is 0 Å². The van der Waals surface area contributed by atoms with Crippen LogP contribution < -0.4 is 0 Å². The summed E-state index contributed by atoms with van der Waals surface area (Å²) in [5.74, 6) is 0. The van der Waals surface area contributed by atoms with Crippen molar-refractivity contribution in [1.82, 2.24) is 9.55 Å². The molecule has 2 heteroatoms. The molecule has 0 atom stereocenters. The minimum atomic E-state index is -0.0817. The molecular formula is C53H40N2. The Kier molecular flexibility index (Phi) is 6.68. The van der Waals surface area contributed by atoms with Crippen molar-refractivity contribution < 1.29 is 0 Å². The Morgan fingerprint density at radius 3 is 1.84 bits per heavy atom. The molecule has 2 aliphatic rings. The van der Waals surface area contributed by atoms with Gasteiger partial charge in [-0.3, -0.25) is 4.98 Å². The summed E-state index contributed by atoms with van der Waals surface area (Å²) in [4.78, 5) is 4.61. The predicted octanol–water partition coefficient (Wildman–Crippen LogP) is 13.8. The quantitative estimate of drug-likeness (QED) is 0.178. The van der Waals surface area contributed by atoms with E-state index in [1.165, 1.54) is 88.6 Å². The maximum atomic E-state index is 4.61. The van der Waals surface area contributed by atoms with E-state index in [1.807, 2.05) is 18.3 Å². The Morgan fingerprint density at radius 1 is 0.382 bits per heavy atom. The Hall–Kier alpha value is -6.51. The van der Waals surface area contributed by atoms with E-state index in [4.69, 9.17) is 0 Å². The van der Waals surface area contributed by atoms with Crippen LogP contribution in [0, 0.1) is 0 Å². The molecule has 2 heterocycles. The number of hydrogen-bond donors (Lipinski definition) is 0. The summed E-state index contributed by atoms with van der Waals surface area (Å²) >= 11 is 0. The van der Waals surface area contributed by atoms with Crippen LogP contribution in [0.3, 0.4) is 0 Å². The fourth-order valence-electron chi connectivity index (χ4n) is 9.75. The van der Waals surface area contributed by atoms with Gasteiger partial charge >= 0.3 is 0 Å². The average Bonchev–Trinajstić information content (AvgIpc) is 3.76. The van der Waals surface area contributed by atoms with E-state index in [9.17, 15) is 0 Å². The van der Waals surface area contributed by atoms with Crippen LogP contribution in [-0.2, 0) is 10.8 Å². The largest absolute Gasteiger partial charge is 0.309 e. The molecule has 2 nitrogen and oxygen atoms in total. The van der Waals surface area contributed by atoms with E-state index in [1.54, 1.807) is 0 Å². The summed E-state index contributed by atoms with van der Waals surface area (Å²) < 4.78 is 2.43. The lowest BCUT2D eigenvalue weighted by atomic mass is 9.77. The van der Waals surface area contributed by atoms with Gasteiger partial charge < -0.3 is 4.57 Å². The van der Waals surface area contributed by atoms with Crippen LogP contribution in [0.25, 0.3) is 83.3 Å². The van der Waals surface area contributed by atoms with Gasteiger partial charge in [0.05, 0.1) is 16.7 Å². The molecule has 0 spiro atoms. The van der Waals surface area contributed by atoms with Crippen LogP contribution in [0.2, 0.25) is 0 Å². The van der Waals surface area contributed by atoms with Gasteiger partial charge in [0, 0.05) is 39.1 Å². The third kappa shape index (κ3) is 4.64. The van der Waals surface area contributed by atoms with Crippen molar-refractivity contribution in [3.63, 3.8) is 0 Å². The lowest BCUT2D eigenvalue weighted by Gasteiger charge is -2.25. The molecule has 2 aromatic heterocycles. The minimum Gasteiger partial charge on any atom is -0.309 e. The van der Waals surface area contributed by atoms with Gasteiger partial charge in [-0.25, -0.2) is 0 Å². The summed E-state index contributed by atoms with van der Waals surface area (Å²) in [5.41, 5.74) is 21.6. The molecule has 0 fully saturated rings. The smallest absolute Gasteiger partial charge is 0.0702 e. The highest BCUT2D eigenvalue weighted by Gasteiger charge is 2.41. The zero-order valence-corrected chi connectivity index (χ0v) is 31.6. The van der Waals surface area contributed by atoms with Gasteiger partial charge in [0.25, 0.3) is 0 Å². The molecule has 0 bridgehead atoms. The summed E-state index contributed by atoms with van der Waals surface area (Å²) in [7, 11) is 0. The summed E-state index contributed by atoms with van der Waals surface area (Å²) in [6.45, 7) is 9.55. The summed E-state index contributed by atoms with van der Waals surface area (Å²) in [6, 6.07) is 60.7. The Bertz CT molecular complexity index is 3020. The van der Waals surface area contributed by atoms with Gasteiger partial charge in [-0.2, -0.15) is 0 Å². The van der Waals surface area contributed by atoms with Crippen LogP contribution in [0.5, 0.6) is 0 Å². The molecule has 0 N–H and O–H groups in total. The van der Waals surface area contributed by atoms with Gasteiger partial charge in [0.1, 0.15) is 0 Å². The van der Waals surface area contributed by atoms with Crippen molar-refractivity contribution in [3.8, 4) is 61.5 Å². The second kappa shape index (κ2) is 11.5. The van der Waals surface area contributed by atoms with Crippen molar-refractivity contribution >= 4 is 21.8 Å². The fourth-order valence-corrected chi connectivity index (χ4v) is 9.75. The summed E-state index contributed by atoms with van der Waals surface area (Å²) in [5, 5.41) is 2.49. The number of fused-ring (bicyclic) bond motifs is 9. The van der Waals surface area contributed by atoms with Crippen LogP contribution >= 0.6 is 0 Å². The molecule has 2 aliphatic carbocycles. The third-order valence-corrected chi connectivity index (χ3v) is 12.6. The first-order valence-electron chi connectivity index (χ1n) is 19.4. The Morgan fingerprint density at radius 2 is 1.02 bits per heavy atom. The minimum absolute atomic E-state index is 0.0198. The monoisotopic (exact) mass is 704 g/mol. The molecule has 55 heavy (non-hydrogen) atoms. The number of nitrogens with zero attached hydrogens (tertiary/aromatic N) is 2. The first kappa shape index (κ1) is 32.0. The van der Waals surface area contributed by atoms with E-state index < -0.39 is 0 Å². The zero-order valence-electron chi connectivity index (χ0n) is 31.6. The SMILES string of the molecule is CC1(C)c2ccccc2-c2cc3c(cc21)C(C)(C)c1ccc(-c2ccc4c5cc(-c6cccc(-c7ccccn7)c6)ccc5n(-c5ccccc5)c4c2)cc1-3. The molecule has 0 unspecified atom stereocenters. The van der Waals surface area contributed by atoms with Gasteiger partial charge in [0.15, 0.2) is 0 Å². The van der Waals surface area contributed by atoms with Gasteiger partial charge in [-0.05, 0) is 127 Å². The molecular weight excluding hydrogens is 665 g/mol. The maximum Gasteiger partial charge on any atom is 0.0702 e. The predicted molar refractivity (Wildman–Crippen MR) is 230 cm³/mol. The number of benzene rings is 7. The molecule has 0 radical (unpaired) electrons. The molecule has 0 amide bonds. The number of aromatic nitrogens is 2. The standard InChI is InChI=1S/C53H40N2/c1-52(2)45-18-9-8-17-39(45)42-31-43-41-28-34(21-24-46(41)53(3,4)48(43)32-47(42)52)36-20-23-40-44-29-35(33-13-12-14-37(27-33)49-19-10-11-26-54-49)22-25-50(44)55(51(40)30-36)38-15-6-5-7-16-38/h5-32H,1-4H3. The number of rotatable bonds is 4. The Balaban J connectivity index is 1.07.